The molecule has 0 unspecified atom stereocenters. The van der Waals surface area contributed by atoms with E-state index < -0.39 is 10.0 Å². The number of hydrogen-bond donors (Lipinski definition) is 1. The van der Waals surface area contributed by atoms with Gasteiger partial charge in [-0.1, -0.05) is 30.3 Å². The van der Waals surface area contributed by atoms with Gasteiger partial charge in [0.15, 0.2) is 0 Å². The van der Waals surface area contributed by atoms with E-state index in [2.05, 4.69) is 12.6 Å². The van der Waals surface area contributed by atoms with Crippen LogP contribution in [0.15, 0.2) is 48.5 Å². The summed E-state index contributed by atoms with van der Waals surface area (Å²) in [7, 11) is 0. The average Bonchev–Trinajstić information content (AvgIpc) is 2.39. The van der Waals surface area contributed by atoms with Crippen molar-refractivity contribution in [3.05, 3.63) is 64.2 Å². The summed E-state index contributed by atoms with van der Waals surface area (Å²) in [5.41, 5.74) is 1.34. The molecule has 0 aliphatic rings. The first-order chi connectivity index (χ1) is 8.59. The van der Waals surface area contributed by atoms with E-state index >= 15 is 0 Å². The first kappa shape index (κ1) is 12.3. The minimum atomic E-state index is -0.497. The van der Waals surface area contributed by atoms with Crippen molar-refractivity contribution in [3.63, 3.8) is 0 Å². The van der Waals surface area contributed by atoms with Gasteiger partial charge in [0.2, 0.25) is 5.12 Å². The molecule has 0 aliphatic carbocycles. The fourth-order valence-electron chi connectivity index (χ4n) is 1.68. The topological polar surface area (TPSA) is 60.2 Å². The van der Waals surface area contributed by atoms with E-state index in [0.29, 0.717) is 5.56 Å². The van der Waals surface area contributed by atoms with Crippen molar-refractivity contribution in [2.24, 2.45) is 0 Å². The lowest BCUT2D eigenvalue weighted by molar-refractivity contribution is -0.384. The van der Waals surface area contributed by atoms with Crippen LogP contribution in [0.25, 0.3) is 11.1 Å². The fourth-order valence-corrected chi connectivity index (χ4v) is 1.82. The Balaban J connectivity index is 2.61. The number of rotatable bonds is 3. The van der Waals surface area contributed by atoms with Gasteiger partial charge in [-0.25, -0.2) is 0 Å². The largest absolute Gasteiger partial charge is 0.282 e. The molecule has 90 valence electrons. The summed E-state index contributed by atoms with van der Waals surface area (Å²) in [5, 5.41) is 10.6. The monoisotopic (exact) mass is 259 g/mol. The van der Waals surface area contributed by atoms with E-state index in [0.717, 1.165) is 5.56 Å². The van der Waals surface area contributed by atoms with Crippen LogP contribution in [-0.2, 0) is 0 Å². The second-order valence-electron chi connectivity index (χ2n) is 3.66. The van der Waals surface area contributed by atoms with E-state index in [1.807, 2.05) is 6.07 Å². The van der Waals surface area contributed by atoms with Crippen LogP contribution in [0.1, 0.15) is 10.4 Å². The Labute approximate surface area is 109 Å². The van der Waals surface area contributed by atoms with E-state index in [-0.39, 0.29) is 11.3 Å². The molecule has 0 aliphatic heterocycles. The second-order valence-corrected chi connectivity index (χ2v) is 4.07. The van der Waals surface area contributed by atoms with Gasteiger partial charge in [-0.05, 0) is 17.7 Å². The van der Waals surface area contributed by atoms with Gasteiger partial charge in [0.25, 0.3) is 5.69 Å². The van der Waals surface area contributed by atoms with Crippen LogP contribution in [0.5, 0.6) is 0 Å². The zero-order valence-corrected chi connectivity index (χ0v) is 10.1. The molecule has 0 saturated heterocycles. The van der Waals surface area contributed by atoms with Crippen molar-refractivity contribution in [2.75, 3.05) is 0 Å². The van der Waals surface area contributed by atoms with Crippen LogP contribution in [0.2, 0.25) is 0 Å². The molecule has 5 heteroatoms. The predicted octanol–water partition coefficient (Wildman–Crippen LogP) is 3.33. The Morgan fingerprint density at radius 3 is 2.33 bits per heavy atom. The maximum Gasteiger partial charge on any atom is 0.277 e. The molecule has 2 rings (SSSR count). The number of nitro benzene ring substituents is 1. The van der Waals surface area contributed by atoms with Crippen molar-refractivity contribution in [1.29, 1.82) is 0 Å². The summed E-state index contributed by atoms with van der Waals surface area (Å²) in [6.07, 6.45) is 0. The SMILES string of the molecule is O=C(S)c1ccc(-c2ccccc2)c([N+](=O)[O-])c1. The molecular weight excluding hydrogens is 250 g/mol. The Morgan fingerprint density at radius 2 is 1.78 bits per heavy atom. The second kappa shape index (κ2) is 5.01. The summed E-state index contributed by atoms with van der Waals surface area (Å²) in [4.78, 5) is 21.7. The number of benzene rings is 2. The highest BCUT2D eigenvalue weighted by Gasteiger charge is 2.17. The highest BCUT2D eigenvalue weighted by Crippen LogP contribution is 2.30. The van der Waals surface area contributed by atoms with Crippen molar-refractivity contribution in [2.45, 2.75) is 0 Å². The fraction of sp³-hybridized carbons (Fsp3) is 0. The molecule has 0 amide bonds. The number of hydrogen-bond acceptors (Lipinski definition) is 3. The van der Waals surface area contributed by atoms with Crippen LogP contribution in [0, 0.1) is 10.1 Å². The van der Waals surface area contributed by atoms with Gasteiger partial charge in [0.1, 0.15) is 0 Å². The van der Waals surface area contributed by atoms with Gasteiger partial charge in [0.05, 0.1) is 10.5 Å². The van der Waals surface area contributed by atoms with E-state index in [1.54, 1.807) is 30.3 Å². The summed E-state index contributed by atoms with van der Waals surface area (Å²) < 4.78 is 0. The lowest BCUT2D eigenvalue weighted by Gasteiger charge is -2.04. The van der Waals surface area contributed by atoms with Crippen molar-refractivity contribution in [1.82, 2.24) is 0 Å². The van der Waals surface area contributed by atoms with Crippen LogP contribution in [0.3, 0.4) is 0 Å². The molecule has 0 N–H and O–H groups in total. The quantitative estimate of drug-likeness (QED) is 0.522. The molecule has 0 saturated carbocycles. The lowest BCUT2D eigenvalue weighted by atomic mass is 10.0. The first-order valence-corrected chi connectivity index (χ1v) is 5.61. The van der Waals surface area contributed by atoms with Gasteiger partial charge in [0, 0.05) is 11.6 Å². The molecule has 4 nitrogen and oxygen atoms in total. The molecule has 0 aromatic heterocycles. The van der Waals surface area contributed by atoms with Crippen LogP contribution in [-0.4, -0.2) is 10.0 Å². The molecule has 0 heterocycles. The molecule has 2 aromatic rings. The normalized spacial score (nSPS) is 10.1. The van der Waals surface area contributed by atoms with E-state index in [4.69, 9.17) is 0 Å². The molecule has 2 aromatic carbocycles. The number of nitro groups is 1. The third kappa shape index (κ3) is 2.41. The van der Waals surface area contributed by atoms with Gasteiger partial charge in [-0.2, -0.15) is 0 Å². The first-order valence-electron chi connectivity index (χ1n) is 5.17. The molecule has 0 spiro atoms. The number of carbonyl (C=O) groups excluding carboxylic acids is 1. The minimum absolute atomic E-state index is 0.0962. The number of carbonyl (C=O) groups is 1. The molecule has 0 bridgehead atoms. The third-order valence-electron chi connectivity index (χ3n) is 2.53. The van der Waals surface area contributed by atoms with E-state index in [1.165, 1.54) is 12.1 Å². The molecule has 0 atom stereocenters. The van der Waals surface area contributed by atoms with Crippen LogP contribution < -0.4 is 0 Å². The number of nitrogens with zero attached hydrogens (tertiary/aromatic N) is 1. The van der Waals surface area contributed by atoms with Crippen molar-refractivity contribution >= 4 is 23.4 Å². The Kier molecular flexibility index (Phi) is 3.43. The van der Waals surface area contributed by atoms with Crippen molar-refractivity contribution < 1.29 is 9.72 Å². The Hall–Kier alpha value is -2.14. The van der Waals surface area contributed by atoms with Crippen LogP contribution >= 0.6 is 12.6 Å². The summed E-state index contributed by atoms with van der Waals surface area (Å²) in [6.45, 7) is 0. The summed E-state index contributed by atoms with van der Waals surface area (Å²) >= 11 is 3.66. The van der Waals surface area contributed by atoms with Gasteiger partial charge in [-0.15, -0.1) is 12.6 Å². The van der Waals surface area contributed by atoms with Gasteiger partial charge in [-0.3, -0.25) is 14.9 Å². The minimum Gasteiger partial charge on any atom is -0.282 e. The summed E-state index contributed by atoms with van der Waals surface area (Å²) in [6, 6.07) is 13.3. The zero-order valence-electron chi connectivity index (χ0n) is 9.24. The van der Waals surface area contributed by atoms with Crippen LogP contribution in [0.4, 0.5) is 5.69 Å². The average molecular weight is 259 g/mol. The highest BCUT2D eigenvalue weighted by molar-refractivity contribution is 7.97. The molecule has 0 radical (unpaired) electrons. The zero-order chi connectivity index (χ0) is 13.1. The highest BCUT2D eigenvalue weighted by atomic mass is 32.1. The maximum absolute atomic E-state index is 11.1. The molecular formula is C13H9NO3S. The number of thiol groups is 1. The summed E-state index contributed by atoms with van der Waals surface area (Å²) in [5.74, 6) is 0. The smallest absolute Gasteiger partial charge is 0.277 e. The van der Waals surface area contributed by atoms with Crippen molar-refractivity contribution in [3.8, 4) is 11.1 Å². The Morgan fingerprint density at radius 1 is 1.11 bits per heavy atom. The maximum atomic E-state index is 11.1. The molecule has 0 fully saturated rings. The predicted molar refractivity (Wildman–Crippen MR) is 71.8 cm³/mol. The molecule has 18 heavy (non-hydrogen) atoms. The lowest BCUT2D eigenvalue weighted by Crippen LogP contribution is -1.96. The van der Waals surface area contributed by atoms with Gasteiger partial charge >= 0.3 is 0 Å². The van der Waals surface area contributed by atoms with E-state index in [9.17, 15) is 14.9 Å². The Bertz CT molecular complexity index is 611. The standard InChI is InChI=1S/C13H9NO3S/c15-13(18)10-6-7-11(12(8-10)14(16)17)9-4-2-1-3-5-9/h1-8H,(H,15,18). The third-order valence-corrected chi connectivity index (χ3v) is 2.78. The van der Waals surface area contributed by atoms with Gasteiger partial charge < -0.3 is 0 Å².